The summed E-state index contributed by atoms with van der Waals surface area (Å²) >= 11 is 6.79. The van der Waals surface area contributed by atoms with E-state index in [1.807, 2.05) is 25.2 Å². The minimum Gasteiger partial charge on any atom is -0.455 e. The summed E-state index contributed by atoms with van der Waals surface area (Å²) in [5, 5.41) is 3.18. The summed E-state index contributed by atoms with van der Waals surface area (Å²) in [6.07, 6.45) is 0. The first-order valence-electron chi connectivity index (χ1n) is 6.11. The highest BCUT2D eigenvalue weighted by atomic mass is 79.9. The first-order chi connectivity index (χ1) is 9.51. The van der Waals surface area contributed by atoms with Gasteiger partial charge in [-0.2, -0.15) is 0 Å². The summed E-state index contributed by atoms with van der Waals surface area (Å²) in [7, 11) is 1.92. The smallest absolute Gasteiger partial charge is 0.141 e. The van der Waals surface area contributed by atoms with Crippen LogP contribution in [0.1, 0.15) is 18.5 Å². The fourth-order valence-corrected chi connectivity index (χ4v) is 2.62. The molecule has 0 radical (unpaired) electrons. The van der Waals surface area contributed by atoms with E-state index in [9.17, 15) is 4.39 Å². The van der Waals surface area contributed by atoms with Crippen molar-refractivity contribution < 1.29 is 9.13 Å². The van der Waals surface area contributed by atoms with Gasteiger partial charge in [-0.25, -0.2) is 4.39 Å². The molecule has 1 atom stereocenters. The molecule has 1 unspecified atom stereocenters. The van der Waals surface area contributed by atoms with Crippen LogP contribution >= 0.6 is 31.9 Å². The molecule has 5 heteroatoms. The Balaban J connectivity index is 2.25. The van der Waals surface area contributed by atoms with Crippen LogP contribution in [0.3, 0.4) is 0 Å². The Hall–Kier alpha value is -0.910. The minimum atomic E-state index is -0.304. The van der Waals surface area contributed by atoms with Crippen molar-refractivity contribution in [2.45, 2.75) is 13.0 Å². The molecular formula is C15H14Br2FNO. The van der Waals surface area contributed by atoms with Gasteiger partial charge in [-0.3, -0.25) is 0 Å². The largest absolute Gasteiger partial charge is 0.455 e. The number of hydrogen-bond donors (Lipinski definition) is 1. The fraction of sp³-hybridized carbons (Fsp3) is 0.200. The van der Waals surface area contributed by atoms with E-state index < -0.39 is 0 Å². The fourth-order valence-electron chi connectivity index (χ4n) is 1.71. The third-order valence-corrected chi connectivity index (χ3v) is 4.24. The molecule has 2 rings (SSSR count). The SMILES string of the molecule is CNC(C)c1ccc(Oc2ccc(F)cc2Br)c(Br)c1. The van der Waals surface area contributed by atoms with Gasteiger partial charge in [-0.1, -0.05) is 6.07 Å². The minimum absolute atomic E-state index is 0.262. The highest BCUT2D eigenvalue weighted by Crippen LogP contribution is 2.35. The molecule has 2 nitrogen and oxygen atoms in total. The Morgan fingerprint density at radius 3 is 2.20 bits per heavy atom. The number of benzene rings is 2. The zero-order chi connectivity index (χ0) is 14.7. The van der Waals surface area contributed by atoms with E-state index in [4.69, 9.17) is 4.74 Å². The number of rotatable bonds is 4. The van der Waals surface area contributed by atoms with Gasteiger partial charge in [0.2, 0.25) is 0 Å². The predicted molar refractivity (Wildman–Crippen MR) is 85.8 cm³/mol. The van der Waals surface area contributed by atoms with Crippen LogP contribution in [0.25, 0.3) is 0 Å². The number of hydrogen-bond acceptors (Lipinski definition) is 2. The summed E-state index contributed by atoms with van der Waals surface area (Å²) in [6.45, 7) is 2.08. The van der Waals surface area contributed by atoms with Crippen LogP contribution in [0.4, 0.5) is 4.39 Å². The summed E-state index contributed by atoms with van der Waals surface area (Å²) in [4.78, 5) is 0. The van der Waals surface area contributed by atoms with E-state index in [0.29, 0.717) is 16.0 Å². The standard InChI is InChI=1S/C15H14Br2FNO/c1-9(19-2)10-3-5-14(12(16)7-10)20-15-6-4-11(18)8-13(15)17/h3-9,19H,1-2H3. The molecule has 0 fully saturated rings. The van der Waals surface area contributed by atoms with Gasteiger partial charge in [0.05, 0.1) is 8.95 Å². The van der Waals surface area contributed by atoms with Crippen molar-refractivity contribution >= 4 is 31.9 Å². The van der Waals surface area contributed by atoms with Crippen LogP contribution in [0.5, 0.6) is 11.5 Å². The molecule has 2 aromatic rings. The zero-order valence-electron chi connectivity index (χ0n) is 11.1. The second kappa shape index (κ2) is 6.70. The maximum atomic E-state index is 13.0. The average Bonchev–Trinajstić information content (AvgIpc) is 2.42. The maximum Gasteiger partial charge on any atom is 0.141 e. The van der Waals surface area contributed by atoms with E-state index in [0.717, 1.165) is 10.0 Å². The highest BCUT2D eigenvalue weighted by molar-refractivity contribution is 9.11. The van der Waals surface area contributed by atoms with Gasteiger partial charge in [-0.15, -0.1) is 0 Å². The van der Waals surface area contributed by atoms with Gasteiger partial charge < -0.3 is 10.1 Å². The summed E-state index contributed by atoms with van der Waals surface area (Å²) in [6, 6.07) is 10.5. The molecule has 0 aromatic heterocycles. The van der Waals surface area contributed by atoms with Crippen molar-refractivity contribution in [2.24, 2.45) is 0 Å². The molecule has 0 heterocycles. The van der Waals surface area contributed by atoms with Crippen LogP contribution in [-0.2, 0) is 0 Å². The lowest BCUT2D eigenvalue weighted by Gasteiger charge is -2.14. The van der Waals surface area contributed by atoms with Gasteiger partial charge in [0, 0.05) is 6.04 Å². The highest BCUT2D eigenvalue weighted by Gasteiger charge is 2.10. The van der Waals surface area contributed by atoms with Crippen molar-refractivity contribution in [3.05, 3.63) is 56.7 Å². The van der Waals surface area contributed by atoms with Gasteiger partial charge in [0.1, 0.15) is 17.3 Å². The van der Waals surface area contributed by atoms with Crippen LogP contribution in [0.15, 0.2) is 45.3 Å². The predicted octanol–water partition coefficient (Wildman–Crippen LogP) is 5.42. The van der Waals surface area contributed by atoms with E-state index in [2.05, 4.69) is 44.1 Å². The molecule has 0 aliphatic rings. The van der Waals surface area contributed by atoms with Gasteiger partial charge >= 0.3 is 0 Å². The topological polar surface area (TPSA) is 21.3 Å². The number of halogens is 3. The van der Waals surface area contributed by atoms with Crippen molar-refractivity contribution in [1.82, 2.24) is 5.32 Å². The van der Waals surface area contributed by atoms with Crippen LogP contribution in [0, 0.1) is 5.82 Å². The molecule has 20 heavy (non-hydrogen) atoms. The molecule has 0 saturated heterocycles. The molecule has 0 amide bonds. The van der Waals surface area contributed by atoms with Crippen molar-refractivity contribution in [1.29, 1.82) is 0 Å². The molecule has 1 N–H and O–H groups in total. The van der Waals surface area contributed by atoms with Crippen molar-refractivity contribution in [3.8, 4) is 11.5 Å². The molecular weight excluding hydrogens is 389 g/mol. The summed E-state index contributed by atoms with van der Waals surface area (Å²) < 4.78 is 20.3. The molecule has 0 bridgehead atoms. The number of nitrogens with one attached hydrogen (secondary N) is 1. The van der Waals surface area contributed by atoms with Gasteiger partial charge in [0.25, 0.3) is 0 Å². The first kappa shape index (κ1) is 15.5. The Kier molecular flexibility index (Phi) is 5.18. The summed E-state index contributed by atoms with van der Waals surface area (Å²) in [5.74, 6) is 0.951. The maximum absolute atomic E-state index is 13.0. The normalized spacial score (nSPS) is 12.2. The Bertz CT molecular complexity index is 619. The molecule has 0 spiro atoms. The molecule has 106 valence electrons. The third kappa shape index (κ3) is 3.59. The second-order valence-corrected chi connectivity index (χ2v) is 6.09. The van der Waals surface area contributed by atoms with Crippen LogP contribution < -0.4 is 10.1 Å². The van der Waals surface area contributed by atoms with E-state index in [-0.39, 0.29) is 11.9 Å². The Labute approximate surface area is 134 Å². The lowest BCUT2D eigenvalue weighted by molar-refractivity contribution is 0.473. The Morgan fingerprint density at radius 1 is 1.05 bits per heavy atom. The quantitative estimate of drug-likeness (QED) is 0.736. The molecule has 2 aromatic carbocycles. The third-order valence-electron chi connectivity index (χ3n) is 3.00. The van der Waals surface area contributed by atoms with Crippen molar-refractivity contribution in [3.63, 3.8) is 0 Å². The van der Waals surface area contributed by atoms with Crippen LogP contribution in [0.2, 0.25) is 0 Å². The molecule has 0 saturated carbocycles. The second-order valence-electron chi connectivity index (χ2n) is 4.38. The number of ether oxygens (including phenoxy) is 1. The molecule has 0 aliphatic heterocycles. The monoisotopic (exact) mass is 401 g/mol. The lowest BCUT2D eigenvalue weighted by atomic mass is 10.1. The van der Waals surface area contributed by atoms with Gasteiger partial charge in [0.15, 0.2) is 0 Å². The summed E-state index contributed by atoms with van der Waals surface area (Å²) in [5.41, 5.74) is 1.16. The zero-order valence-corrected chi connectivity index (χ0v) is 14.3. The lowest BCUT2D eigenvalue weighted by Crippen LogP contribution is -2.12. The van der Waals surface area contributed by atoms with E-state index >= 15 is 0 Å². The molecule has 0 aliphatic carbocycles. The van der Waals surface area contributed by atoms with Crippen molar-refractivity contribution in [2.75, 3.05) is 7.05 Å². The van der Waals surface area contributed by atoms with E-state index in [1.165, 1.54) is 12.1 Å². The van der Waals surface area contributed by atoms with Gasteiger partial charge in [-0.05, 0) is 81.7 Å². The van der Waals surface area contributed by atoms with Crippen LogP contribution in [-0.4, -0.2) is 7.05 Å². The first-order valence-corrected chi connectivity index (χ1v) is 7.69. The Morgan fingerprint density at radius 2 is 1.65 bits per heavy atom. The van der Waals surface area contributed by atoms with E-state index in [1.54, 1.807) is 6.07 Å². The average molecular weight is 403 g/mol.